The highest BCUT2D eigenvalue weighted by Crippen LogP contribution is 2.37. The summed E-state index contributed by atoms with van der Waals surface area (Å²) in [5, 5.41) is 3.86. The molecule has 140 valence electrons. The molecule has 1 atom stereocenters. The smallest absolute Gasteiger partial charge is 0.267 e. The summed E-state index contributed by atoms with van der Waals surface area (Å²) in [6.07, 6.45) is 4.45. The Morgan fingerprint density at radius 2 is 2.22 bits per heavy atom. The number of nitrogens with one attached hydrogen (secondary N) is 1. The van der Waals surface area contributed by atoms with Crippen LogP contribution >= 0.6 is 27.3 Å². The minimum atomic E-state index is -0.190. The average Bonchev–Trinajstić information content (AvgIpc) is 2.97. The van der Waals surface area contributed by atoms with Gasteiger partial charge in [-0.1, -0.05) is 19.4 Å². The quantitative estimate of drug-likeness (QED) is 0.543. The molecule has 2 heterocycles. The molecule has 0 aliphatic heterocycles. The molecule has 1 aromatic carbocycles. The number of amides is 1. The van der Waals surface area contributed by atoms with E-state index in [1.165, 1.54) is 35.4 Å². The van der Waals surface area contributed by atoms with Crippen molar-refractivity contribution in [3.05, 3.63) is 50.4 Å². The van der Waals surface area contributed by atoms with Crippen LogP contribution in [0.5, 0.6) is 0 Å². The first-order valence-electron chi connectivity index (χ1n) is 9.24. The van der Waals surface area contributed by atoms with E-state index in [2.05, 4.69) is 34.2 Å². The van der Waals surface area contributed by atoms with Crippen LogP contribution in [0.4, 0.5) is 11.4 Å². The van der Waals surface area contributed by atoms with Crippen molar-refractivity contribution in [2.24, 2.45) is 5.92 Å². The normalized spacial score (nSPS) is 16.3. The van der Waals surface area contributed by atoms with Crippen LogP contribution in [0.2, 0.25) is 0 Å². The van der Waals surface area contributed by atoms with Gasteiger partial charge < -0.3 is 11.1 Å². The Balaban J connectivity index is 1.68. The first kappa shape index (κ1) is 18.4. The molecule has 0 spiro atoms. The number of pyridine rings is 1. The molecule has 4 nitrogen and oxygen atoms in total. The summed E-state index contributed by atoms with van der Waals surface area (Å²) < 4.78 is 0.856. The molecule has 1 amide bonds. The Kier molecular flexibility index (Phi) is 4.95. The van der Waals surface area contributed by atoms with Crippen LogP contribution in [0.15, 0.2) is 28.7 Å². The van der Waals surface area contributed by atoms with Gasteiger partial charge >= 0.3 is 0 Å². The molecule has 1 aliphatic carbocycles. The number of nitrogens with two attached hydrogens (primary N) is 1. The van der Waals surface area contributed by atoms with E-state index in [0.717, 1.165) is 44.7 Å². The van der Waals surface area contributed by atoms with Gasteiger partial charge in [0, 0.05) is 15.6 Å². The number of halogens is 1. The molecular weight excluding hydrogens is 422 g/mol. The van der Waals surface area contributed by atoms with E-state index in [0.29, 0.717) is 10.6 Å². The maximum absolute atomic E-state index is 12.8. The van der Waals surface area contributed by atoms with E-state index in [9.17, 15) is 4.79 Å². The summed E-state index contributed by atoms with van der Waals surface area (Å²) in [5.41, 5.74) is 11.2. The molecule has 0 saturated carbocycles. The third kappa shape index (κ3) is 3.48. The summed E-state index contributed by atoms with van der Waals surface area (Å²) in [4.78, 5) is 19.0. The summed E-state index contributed by atoms with van der Waals surface area (Å²) in [7, 11) is 0. The van der Waals surface area contributed by atoms with E-state index in [1.54, 1.807) is 0 Å². The lowest BCUT2D eigenvalue weighted by molar-refractivity contribution is 0.103. The molecule has 6 heteroatoms. The lowest BCUT2D eigenvalue weighted by Gasteiger charge is -2.22. The van der Waals surface area contributed by atoms with Gasteiger partial charge in [-0.2, -0.15) is 0 Å². The van der Waals surface area contributed by atoms with E-state index in [1.807, 2.05) is 25.1 Å². The molecule has 4 rings (SSSR count). The number of fused-ring (bicyclic) bond motifs is 2. The summed E-state index contributed by atoms with van der Waals surface area (Å²) >= 11 is 4.88. The molecule has 3 aromatic rings. The third-order valence-electron chi connectivity index (χ3n) is 5.34. The van der Waals surface area contributed by atoms with Crippen LogP contribution in [-0.2, 0) is 12.8 Å². The molecular formula is C21H22BrN3OS. The SMILES string of the molecule is CCC1CCc2nc3sc(C(=O)Nc4ccc(C)cc4Br)c(N)c3cc2C1. The summed E-state index contributed by atoms with van der Waals surface area (Å²) in [5.74, 6) is 0.530. The molecule has 0 fully saturated rings. The molecule has 1 aliphatic rings. The highest BCUT2D eigenvalue weighted by atomic mass is 79.9. The molecule has 0 saturated heterocycles. The van der Waals surface area contributed by atoms with E-state index in [4.69, 9.17) is 10.7 Å². The van der Waals surface area contributed by atoms with E-state index < -0.39 is 0 Å². The number of nitrogens with zero attached hydrogens (tertiary/aromatic N) is 1. The molecule has 3 N–H and O–H groups in total. The van der Waals surface area contributed by atoms with Crippen LogP contribution in [0.1, 0.15) is 46.3 Å². The third-order valence-corrected chi connectivity index (χ3v) is 7.11. The van der Waals surface area contributed by atoms with Gasteiger partial charge in [-0.05, 0) is 77.4 Å². The van der Waals surface area contributed by atoms with Crippen molar-refractivity contribution < 1.29 is 4.79 Å². The first-order chi connectivity index (χ1) is 13.0. The van der Waals surface area contributed by atoms with Crippen LogP contribution < -0.4 is 11.1 Å². The second-order valence-electron chi connectivity index (χ2n) is 7.25. The largest absolute Gasteiger partial charge is 0.397 e. The Morgan fingerprint density at radius 3 is 2.96 bits per heavy atom. The van der Waals surface area contributed by atoms with Crippen molar-refractivity contribution in [1.29, 1.82) is 0 Å². The van der Waals surface area contributed by atoms with Crippen molar-refractivity contribution in [3.8, 4) is 0 Å². The maximum Gasteiger partial charge on any atom is 0.267 e. The lowest BCUT2D eigenvalue weighted by Crippen LogP contribution is -2.14. The fourth-order valence-corrected chi connectivity index (χ4v) is 5.27. The molecule has 0 radical (unpaired) electrons. The second-order valence-corrected chi connectivity index (χ2v) is 9.10. The number of carbonyl (C=O) groups excluding carboxylic acids is 1. The number of hydrogen-bond acceptors (Lipinski definition) is 4. The fraction of sp³-hybridized carbons (Fsp3) is 0.333. The van der Waals surface area contributed by atoms with Crippen molar-refractivity contribution >= 4 is 54.8 Å². The Morgan fingerprint density at radius 1 is 1.41 bits per heavy atom. The minimum absolute atomic E-state index is 0.190. The minimum Gasteiger partial charge on any atom is -0.397 e. The number of thiophene rings is 1. The van der Waals surface area contributed by atoms with Gasteiger partial charge in [0.15, 0.2) is 0 Å². The molecule has 2 aromatic heterocycles. The van der Waals surface area contributed by atoms with Gasteiger partial charge in [-0.25, -0.2) is 4.98 Å². The first-order valence-corrected chi connectivity index (χ1v) is 10.9. The standard InChI is InChI=1S/C21H22BrN3OS/c1-3-12-5-7-16-13(9-12)10-14-18(23)19(27-21(14)25-16)20(26)24-17-6-4-11(2)8-15(17)22/h4,6,8,10,12H,3,5,7,9,23H2,1-2H3,(H,24,26). The highest BCUT2D eigenvalue weighted by molar-refractivity contribution is 9.10. The molecule has 27 heavy (non-hydrogen) atoms. The van der Waals surface area contributed by atoms with Crippen molar-refractivity contribution in [2.75, 3.05) is 11.1 Å². The monoisotopic (exact) mass is 443 g/mol. The van der Waals surface area contributed by atoms with E-state index >= 15 is 0 Å². The van der Waals surface area contributed by atoms with Gasteiger partial charge in [0.2, 0.25) is 0 Å². The van der Waals surface area contributed by atoms with Crippen molar-refractivity contribution in [2.45, 2.75) is 39.5 Å². The van der Waals surface area contributed by atoms with Gasteiger partial charge in [-0.3, -0.25) is 4.79 Å². The average molecular weight is 444 g/mol. The Labute approximate surface area is 171 Å². The zero-order chi connectivity index (χ0) is 19.1. The maximum atomic E-state index is 12.8. The predicted octanol–water partition coefficient (Wildman–Crippen LogP) is 5.72. The molecule has 0 bridgehead atoms. The van der Waals surface area contributed by atoms with Gasteiger partial charge in [0.05, 0.1) is 11.4 Å². The second kappa shape index (κ2) is 7.24. The number of hydrogen-bond donors (Lipinski definition) is 2. The zero-order valence-electron chi connectivity index (χ0n) is 15.4. The molecule has 1 unspecified atom stereocenters. The number of anilines is 2. The predicted molar refractivity (Wildman–Crippen MR) is 117 cm³/mol. The summed E-state index contributed by atoms with van der Waals surface area (Å²) in [6, 6.07) is 7.99. The van der Waals surface area contributed by atoms with E-state index in [-0.39, 0.29) is 5.91 Å². The fourth-order valence-electron chi connectivity index (χ4n) is 3.68. The number of rotatable bonds is 3. The number of benzene rings is 1. The van der Waals surface area contributed by atoms with Gasteiger partial charge in [-0.15, -0.1) is 11.3 Å². The van der Waals surface area contributed by atoms with Gasteiger partial charge in [0.25, 0.3) is 5.91 Å². The number of aromatic nitrogens is 1. The number of nitrogen functional groups attached to an aromatic ring is 1. The summed E-state index contributed by atoms with van der Waals surface area (Å²) in [6.45, 7) is 4.25. The van der Waals surface area contributed by atoms with Crippen LogP contribution in [0, 0.1) is 12.8 Å². The van der Waals surface area contributed by atoms with Crippen molar-refractivity contribution in [1.82, 2.24) is 4.98 Å². The Hall–Kier alpha value is -1.92. The lowest BCUT2D eigenvalue weighted by atomic mass is 9.85. The van der Waals surface area contributed by atoms with Crippen LogP contribution in [0.25, 0.3) is 10.2 Å². The Bertz CT molecular complexity index is 1040. The number of carbonyl (C=O) groups is 1. The van der Waals surface area contributed by atoms with Crippen molar-refractivity contribution in [3.63, 3.8) is 0 Å². The topological polar surface area (TPSA) is 68.0 Å². The number of aryl methyl sites for hydroxylation is 2. The van der Waals surface area contributed by atoms with Crippen LogP contribution in [0.3, 0.4) is 0 Å². The zero-order valence-corrected chi connectivity index (χ0v) is 17.8. The van der Waals surface area contributed by atoms with Gasteiger partial charge in [0.1, 0.15) is 9.71 Å². The van der Waals surface area contributed by atoms with Crippen LogP contribution in [-0.4, -0.2) is 10.9 Å². The highest BCUT2D eigenvalue weighted by Gasteiger charge is 2.23.